The summed E-state index contributed by atoms with van der Waals surface area (Å²) in [6.07, 6.45) is 4.23. The second-order valence-electron chi connectivity index (χ2n) is 7.57. The molecule has 1 saturated heterocycles. The van der Waals surface area contributed by atoms with Crippen LogP contribution in [0.15, 0.2) is 42.5 Å². The van der Waals surface area contributed by atoms with Crippen LogP contribution >= 0.6 is 0 Å². The quantitative estimate of drug-likeness (QED) is 0.840. The van der Waals surface area contributed by atoms with Crippen molar-refractivity contribution in [2.24, 2.45) is 5.73 Å². The smallest absolute Gasteiger partial charge is 0.257 e. The largest absolute Gasteiger partial charge is 0.366 e. The summed E-state index contributed by atoms with van der Waals surface area (Å²) >= 11 is 0. The lowest BCUT2D eigenvalue weighted by molar-refractivity contribution is 0.0661. The highest BCUT2D eigenvalue weighted by molar-refractivity contribution is 6.08. The SMILES string of the molecule is CN1c2cc(C(=O)Nc3ccc(C(N)=O)cc3)ccc2C(=O)N2CCCCCC21. The average Bonchev–Trinajstić information content (AvgIpc) is 2.98. The fourth-order valence-corrected chi connectivity index (χ4v) is 4.11. The molecule has 0 spiro atoms. The van der Waals surface area contributed by atoms with Gasteiger partial charge >= 0.3 is 0 Å². The van der Waals surface area contributed by atoms with Gasteiger partial charge in [0.1, 0.15) is 6.17 Å². The normalized spacial score (nSPS) is 18.5. The molecule has 2 aliphatic heterocycles. The van der Waals surface area contributed by atoms with E-state index >= 15 is 0 Å². The lowest BCUT2D eigenvalue weighted by Gasteiger charge is -2.43. The van der Waals surface area contributed by atoms with Crippen molar-refractivity contribution in [3.05, 3.63) is 59.2 Å². The number of hydrogen-bond acceptors (Lipinski definition) is 4. The summed E-state index contributed by atoms with van der Waals surface area (Å²) in [4.78, 5) is 40.9. The maximum atomic E-state index is 13.0. The monoisotopic (exact) mass is 392 g/mol. The first kappa shape index (κ1) is 19.0. The Balaban J connectivity index is 1.58. The molecule has 1 fully saturated rings. The van der Waals surface area contributed by atoms with Gasteiger partial charge in [0.15, 0.2) is 0 Å². The molecule has 2 aromatic rings. The molecule has 1 atom stereocenters. The fourth-order valence-electron chi connectivity index (χ4n) is 4.11. The van der Waals surface area contributed by atoms with Gasteiger partial charge in [0, 0.05) is 30.4 Å². The van der Waals surface area contributed by atoms with Crippen LogP contribution < -0.4 is 16.0 Å². The number of rotatable bonds is 3. The molecule has 0 aromatic heterocycles. The van der Waals surface area contributed by atoms with Gasteiger partial charge in [-0.3, -0.25) is 14.4 Å². The first-order valence-corrected chi connectivity index (χ1v) is 9.85. The zero-order valence-corrected chi connectivity index (χ0v) is 16.4. The Morgan fingerprint density at radius 2 is 1.76 bits per heavy atom. The highest BCUT2D eigenvalue weighted by atomic mass is 16.2. The van der Waals surface area contributed by atoms with Crippen molar-refractivity contribution < 1.29 is 14.4 Å². The second kappa shape index (κ2) is 7.58. The third-order valence-electron chi connectivity index (χ3n) is 5.73. The molecule has 0 saturated carbocycles. The molecule has 3 N–H and O–H groups in total. The van der Waals surface area contributed by atoms with Crippen molar-refractivity contribution in [2.75, 3.05) is 23.8 Å². The van der Waals surface area contributed by atoms with Crippen molar-refractivity contribution in [1.82, 2.24) is 4.90 Å². The van der Waals surface area contributed by atoms with Crippen molar-refractivity contribution in [3.8, 4) is 0 Å². The van der Waals surface area contributed by atoms with Crippen molar-refractivity contribution in [2.45, 2.75) is 31.8 Å². The molecular formula is C22H24N4O3. The van der Waals surface area contributed by atoms with E-state index in [1.165, 1.54) is 0 Å². The Labute approximate surface area is 169 Å². The molecule has 2 aliphatic rings. The minimum atomic E-state index is -0.516. The maximum Gasteiger partial charge on any atom is 0.257 e. The van der Waals surface area contributed by atoms with Crippen molar-refractivity contribution >= 4 is 29.1 Å². The number of nitrogens with zero attached hydrogens (tertiary/aromatic N) is 2. The van der Waals surface area contributed by atoms with Crippen LogP contribution in [0.5, 0.6) is 0 Å². The lowest BCUT2D eigenvalue weighted by atomic mass is 10.0. The molecule has 3 amide bonds. The van der Waals surface area contributed by atoms with E-state index in [4.69, 9.17) is 5.73 Å². The zero-order valence-electron chi connectivity index (χ0n) is 16.4. The van der Waals surface area contributed by atoms with E-state index in [2.05, 4.69) is 10.2 Å². The first-order valence-electron chi connectivity index (χ1n) is 9.85. The Hall–Kier alpha value is -3.35. The lowest BCUT2D eigenvalue weighted by Crippen LogP contribution is -2.53. The van der Waals surface area contributed by atoms with E-state index in [-0.39, 0.29) is 18.0 Å². The van der Waals surface area contributed by atoms with E-state index in [0.717, 1.165) is 37.9 Å². The van der Waals surface area contributed by atoms with Crippen LogP contribution in [0.4, 0.5) is 11.4 Å². The topological polar surface area (TPSA) is 95.7 Å². The minimum Gasteiger partial charge on any atom is -0.366 e. The summed E-state index contributed by atoms with van der Waals surface area (Å²) in [5.74, 6) is -0.749. The van der Waals surface area contributed by atoms with Crippen LogP contribution in [0.2, 0.25) is 0 Å². The summed E-state index contributed by atoms with van der Waals surface area (Å²) in [5.41, 5.74) is 8.08. The van der Waals surface area contributed by atoms with Crippen LogP contribution in [0.3, 0.4) is 0 Å². The number of fused-ring (bicyclic) bond motifs is 2. The summed E-state index contributed by atoms with van der Waals surface area (Å²) in [5, 5.41) is 2.82. The second-order valence-corrected chi connectivity index (χ2v) is 7.57. The minimum absolute atomic E-state index is 0.0390. The van der Waals surface area contributed by atoms with Crippen LogP contribution in [0, 0.1) is 0 Å². The molecule has 7 nitrogen and oxygen atoms in total. The number of nitrogens with two attached hydrogens (primary N) is 1. The van der Waals surface area contributed by atoms with Gasteiger partial charge in [-0.25, -0.2) is 0 Å². The molecule has 1 unspecified atom stereocenters. The third kappa shape index (κ3) is 3.55. The molecule has 0 bridgehead atoms. The highest BCUT2D eigenvalue weighted by Crippen LogP contribution is 2.34. The van der Waals surface area contributed by atoms with Gasteiger partial charge in [0.25, 0.3) is 11.8 Å². The van der Waals surface area contributed by atoms with Gasteiger partial charge in [0.05, 0.1) is 11.3 Å². The summed E-state index contributed by atoms with van der Waals surface area (Å²) in [6.45, 7) is 0.775. The summed E-state index contributed by atoms with van der Waals surface area (Å²) < 4.78 is 0. The van der Waals surface area contributed by atoms with Crippen LogP contribution in [-0.2, 0) is 0 Å². The van der Waals surface area contributed by atoms with Crippen molar-refractivity contribution in [1.29, 1.82) is 0 Å². The van der Waals surface area contributed by atoms with Crippen LogP contribution in [0.25, 0.3) is 0 Å². The van der Waals surface area contributed by atoms with Crippen molar-refractivity contribution in [3.63, 3.8) is 0 Å². The number of primary amides is 1. The molecule has 0 aliphatic carbocycles. The molecule has 0 radical (unpaired) electrons. The van der Waals surface area contributed by atoms with Gasteiger partial charge in [-0.2, -0.15) is 0 Å². The number of hydrogen-bond donors (Lipinski definition) is 2. The standard InChI is InChI=1S/C22H24N4O3/c1-25-18-13-15(21(28)24-16-9-6-14(7-10-16)20(23)27)8-11-17(18)22(29)26-12-4-2-3-5-19(25)26/h6-11,13,19H,2-5,12H2,1H3,(H2,23,27)(H,24,28). The van der Waals surface area contributed by atoms with Gasteiger partial charge in [-0.1, -0.05) is 6.42 Å². The van der Waals surface area contributed by atoms with Gasteiger partial charge in [-0.05, 0) is 61.7 Å². The average molecular weight is 392 g/mol. The Morgan fingerprint density at radius 1 is 1.03 bits per heavy atom. The predicted octanol–water partition coefficient (Wildman–Crippen LogP) is 2.83. The Bertz CT molecular complexity index is 971. The van der Waals surface area contributed by atoms with Crippen LogP contribution in [0.1, 0.15) is 56.8 Å². The van der Waals surface area contributed by atoms with Gasteiger partial charge in [-0.15, -0.1) is 0 Å². The van der Waals surface area contributed by atoms with E-state index < -0.39 is 5.91 Å². The molecule has 2 aromatic carbocycles. The van der Waals surface area contributed by atoms with E-state index in [1.807, 2.05) is 11.9 Å². The number of nitrogens with one attached hydrogen (secondary N) is 1. The number of carbonyl (C=O) groups is 3. The summed E-state index contributed by atoms with van der Waals surface area (Å²) in [6, 6.07) is 11.6. The first-order chi connectivity index (χ1) is 14.0. The third-order valence-corrected chi connectivity index (χ3v) is 5.73. The Morgan fingerprint density at radius 3 is 2.48 bits per heavy atom. The van der Waals surface area contributed by atoms with E-state index in [0.29, 0.717) is 22.4 Å². The van der Waals surface area contributed by atoms with Crippen LogP contribution in [-0.4, -0.2) is 42.4 Å². The predicted molar refractivity (Wildman–Crippen MR) is 111 cm³/mol. The molecule has 4 rings (SSSR count). The molecule has 150 valence electrons. The zero-order chi connectivity index (χ0) is 20.5. The molecule has 29 heavy (non-hydrogen) atoms. The molecular weight excluding hydrogens is 368 g/mol. The maximum absolute atomic E-state index is 13.0. The van der Waals surface area contributed by atoms with E-state index in [9.17, 15) is 14.4 Å². The van der Waals surface area contributed by atoms with Gasteiger partial charge < -0.3 is 20.9 Å². The van der Waals surface area contributed by atoms with Gasteiger partial charge in [0.2, 0.25) is 5.91 Å². The molecule has 2 heterocycles. The Kier molecular flexibility index (Phi) is 4.96. The number of benzene rings is 2. The number of anilines is 2. The van der Waals surface area contributed by atoms with E-state index in [1.54, 1.807) is 42.5 Å². The number of amides is 3. The molecule has 7 heteroatoms. The fraction of sp³-hybridized carbons (Fsp3) is 0.318. The summed E-state index contributed by atoms with van der Waals surface area (Å²) in [7, 11) is 1.98. The highest BCUT2D eigenvalue weighted by Gasteiger charge is 2.36. The number of carbonyl (C=O) groups excluding carboxylic acids is 3.